The minimum absolute atomic E-state index is 0.0778. The lowest BCUT2D eigenvalue weighted by Gasteiger charge is -2.29. The van der Waals surface area contributed by atoms with Crippen LogP contribution < -0.4 is 5.32 Å². The van der Waals surface area contributed by atoms with Crippen LogP contribution in [0.5, 0.6) is 5.75 Å². The number of aliphatic hydroxyl groups excluding tert-OH is 1. The first-order chi connectivity index (χ1) is 13.8. The van der Waals surface area contributed by atoms with E-state index < -0.39 is 23.6 Å². The molecule has 1 aromatic carbocycles. The number of nitrogens with zero attached hydrogens (tertiary/aromatic N) is 3. The summed E-state index contributed by atoms with van der Waals surface area (Å²) in [4.78, 5) is 3.79. The van der Waals surface area contributed by atoms with Gasteiger partial charge in [-0.3, -0.25) is 0 Å². The number of rotatable bonds is 3. The van der Waals surface area contributed by atoms with Crippen LogP contribution in [0.1, 0.15) is 31.2 Å². The van der Waals surface area contributed by atoms with E-state index in [1.54, 1.807) is 24.3 Å². The molecule has 3 N–H and O–H groups in total. The maximum Gasteiger partial charge on any atom is 0.418 e. The molecule has 1 aliphatic rings. The van der Waals surface area contributed by atoms with E-state index in [1.165, 1.54) is 0 Å². The van der Waals surface area contributed by atoms with Gasteiger partial charge in [-0.1, -0.05) is 37.1 Å². The summed E-state index contributed by atoms with van der Waals surface area (Å²) < 4.78 is 38.6. The molecule has 29 heavy (non-hydrogen) atoms. The Morgan fingerprint density at radius 3 is 2.41 bits per heavy atom. The third-order valence-corrected chi connectivity index (χ3v) is 5.16. The van der Waals surface area contributed by atoms with Crippen molar-refractivity contribution in [3.05, 3.63) is 42.1 Å². The quantitative estimate of drug-likeness (QED) is 0.608. The zero-order valence-electron chi connectivity index (χ0n) is 15.3. The van der Waals surface area contributed by atoms with Gasteiger partial charge in [-0.15, -0.1) is 10.2 Å². The fraction of sp³-hybridized carbons (Fsp3) is 0.350. The van der Waals surface area contributed by atoms with Gasteiger partial charge in [0.05, 0.1) is 17.7 Å². The van der Waals surface area contributed by atoms with Crippen LogP contribution in [-0.2, 0) is 6.18 Å². The molecular weight excluding hydrogens is 385 g/mol. The van der Waals surface area contributed by atoms with Crippen molar-refractivity contribution < 1.29 is 23.4 Å². The molecule has 2 atom stereocenters. The van der Waals surface area contributed by atoms with E-state index in [-0.39, 0.29) is 17.4 Å². The molecule has 1 aliphatic carbocycles. The highest BCUT2D eigenvalue weighted by atomic mass is 19.4. The van der Waals surface area contributed by atoms with Gasteiger partial charge >= 0.3 is 6.18 Å². The molecule has 2 heterocycles. The van der Waals surface area contributed by atoms with Crippen molar-refractivity contribution >= 4 is 16.6 Å². The molecule has 6 nitrogen and oxygen atoms in total. The van der Waals surface area contributed by atoms with Gasteiger partial charge in [0, 0.05) is 17.0 Å². The smallest absolute Gasteiger partial charge is 0.418 e. The molecule has 1 saturated carbocycles. The number of aromatic hydroxyl groups is 1. The van der Waals surface area contributed by atoms with Crippen molar-refractivity contribution in [1.29, 1.82) is 0 Å². The van der Waals surface area contributed by atoms with Gasteiger partial charge in [-0.2, -0.15) is 13.2 Å². The number of nitrogens with one attached hydrogen (secondary N) is 1. The van der Waals surface area contributed by atoms with Crippen LogP contribution in [0, 0.1) is 0 Å². The third-order valence-electron chi connectivity index (χ3n) is 5.16. The third kappa shape index (κ3) is 3.82. The molecular formula is C20H19F3N4O2. The van der Waals surface area contributed by atoms with E-state index in [1.807, 2.05) is 0 Å². The Bertz CT molecular complexity index is 1040. The molecule has 0 aliphatic heterocycles. The van der Waals surface area contributed by atoms with Crippen LogP contribution in [0.3, 0.4) is 0 Å². The molecule has 0 radical (unpaired) electrons. The summed E-state index contributed by atoms with van der Waals surface area (Å²) in [5.74, 6) is -0.149. The van der Waals surface area contributed by atoms with Gasteiger partial charge < -0.3 is 15.5 Å². The minimum Gasteiger partial charge on any atom is -0.506 e. The largest absolute Gasteiger partial charge is 0.506 e. The number of benzene rings is 1. The van der Waals surface area contributed by atoms with Crippen molar-refractivity contribution in [2.24, 2.45) is 0 Å². The van der Waals surface area contributed by atoms with Gasteiger partial charge in [0.15, 0.2) is 5.82 Å². The summed E-state index contributed by atoms with van der Waals surface area (Å²) in [5, 5.41) is 33.2. The van der Waals surface area contributed by atoms with E-state index >= 15 is 0 Å². The van der Waals surface area contributed by atoms with Crippen molar-refractivity contribution in [3.63, 3.8) is 0 Å². The van der Waals surface area contributed by atoms with Gasteiger partial charge in [0.1, 0.15) is 17.1 Å². The van der Waals surface area contributed by atoms with Gasteiger partial charge in [-0.05, 0) is 18.9 Å². The Balaban J connectivity index is 1.76. The molecule has 4 rings (SSSR count). The lowest BCUT2D eigenvalue weighted by Crippen LogP contribution is -2.36. The van der Waals surface area contributed by atoms with Crippen molar-refractivity contribution in [1.82, 2.24) is 15.2 Å². The summed E-state index contributed by atoms with van der Waals surface area (Å²) in [7, 11) is 0. The number of alkyl halides is 3. The van der Waals surface area contributed by atoms with E-state index in [9.17, 15) is 23.4 Å². The molecule has 2 aromatic heterocycles. The Morgan fingerprint density at radius 2 is 1.72 bits per heavy atom. The summed E-state index contributed by atoms with van der Waals surface area (Å²) in [6.07, 6.45) is -0.929. The molecule has 1 fully saturated rings. The van der Waals surface area contributed by atoms with Gasteiger partial charge in [0.25, 0.3) is 0 Å². The van der Waals surface area contributed by atoms with Crippen molar-refractivity contribution in [2.45, 2.75) is 44.0 Å². The topological polar surface area (TPSA) is 91.2 Å². The number of halogens is 3. The fourth-order valence-corrected chi connectivity index (χ4v) is 3.63. The average molecular weight is 404 g/mol. The lowest BCUT2D eigenvalue weighted by molar-refractivity contribution is -0.137. The standard InChI is InChI=1S/C20H19F3N4O2/c21-20(22,23)11-9-16(29)18(24-10-11)17-12-5-1-2-6-13(12)19(27-26-17)25-14-7-3-4-8-15(14)28/h1-2,5-6,9-10,14-15,28-29H,3-4,7-8H2,(H,25,27). The Kier molecular flexibility index (Phi) is 4.99. The van der Waals surface area contributed by atoms with Gasteiger partial charge in [0.2, 0.25) is 0 Å². The molecule has 0 amide bonds. The first kappa shape index (κ1) is 19.4. The zero-order valence-corrected chi connectivity index (χ0v) is 15.3. The Morgan fingerprint density at radius 1 is 1.00 bits per heavy atom. The maximum absolute atomic E-state index is 12.9. The number of aliphatic hydroxyl groups is 1. The normalized spacial score (nSPS) is 20.0. The van der Waals surface area contributed by atoms with Gasteiger partial charge in [-0.25, -0.2) is 4.98 Å². The number of aromatic nitrogens is 3. The Hall–Kier alpha value is -2.94. The Labute approximate surface area is 164 Å². The monoisotopic (exact) mass is 404 g/mol. The van der Waals surface area contributed by atoms with E-state index in [0.29, 0.717) is 35.3 Å². The first-order valence-corrected chi connectivity index (χ1v) is 9.31. The second-order valence-corrected chi connectivity index (χ2v) is 7.13. The predicted octanol–water partition coefficient (Wildman–Crippen LogP) is 4.13. The maximum atomic E-state index is 12.9. The number of pyridine rings is 1. The van der Waals surface area contributed by atoms with Crippen LogP contribution in [0.4, 0.5) is 19.0 Å². The van der Waals surface area contributed by atoms with Crippen LogP contribution in [0.2, 0.25) is 0 Å². The summed E-state index contributed by atoms with van der Waals surface area (Å²) in [5.41, 5.74) is -0.937. The average Bonchev–Trinajstić information content (AvgIpc) is 2.69. The van der Waals surface area contributed by atoms with E-state index in [2.05, 4.69) is 20.5 Å². The molecule has 152 valence electrons. The molecule has 9 heteroatoms. The molecule has 0 spiro atoms. The van der Waals surface area contributed by atoms with Crippen LogP contribution in [-0.4, -0.2) is 37.5 Å². The zero-order chi connectivity index (χ0) is 20.6. The first-order valence-electron chi connectivity index (χ1n) is 9.31. The summed E-state index contributed by atoms with van der Waals surface area (Å²) >= 11 is 0. The summed E-state index contributed by atoms with van der Waals surface area (Å²) in [6, 6.07) is 7.57. The lowest BCUT2D eigenvalue weighted by atomic mass is 9.92. The van der Waals surface area contributed by atoms with E-state index in [0.717, 1.165) is 19.3 Å². The number of fused-ring (bicyclic) bond motifs is 1. The molecule has 2 unspecified atom stereocenters. The molecule has 3 aromatic rings. The molecule has 0 saturated heterocycles. The number of anilines is 1. The van der Waals surface area contributed by atoms with Crippen molar-refractivity contribution in [2.75, 3.05) is 5.32 Å². The SMILES string of the molecule is Oc1cc(C(F)(F)F)cnc1-c1nnc(NC2CCCCC2O)c2ccccc12. The number of hydrogen-bond acceptors (Lipinski definition) is 6. The highest BCUT2D eigenvalue weighted by Gasteiger charge is 2.32. The predicted molar refractivity (Wildman–Crippen MR) is 101 cm³/mol. The van der Waals surface area contributed by atoms with Crippen LogP contribution in [0.25, 0.3) is 22.2 Å². The van der Waals surface area contributed by atoms with Crippen LogP contribution >= 0.6 is 0 Å². The van der Waals surface area contributed by atoms with Crippen LogP contribution in [0.15, 0.2) is 36.5 Å². The molecule has 0 bridgehead atoms. The van der Waals surface area contributed by atoms with Crippen molar-refractivity contribution in [3.8, 4) is 17.1 Å². The summed E-state index contributed by atoms with van der Waals surface area (Å²) in [6.45, 7) is 0. The highest BCUT2D eigenvalue weighted by molar-refractivity contribution is 6.00. The second-order valence-electron chi connectivity index (χ2n) is 7.13. The fourth-order valence-electron chi connectivity index (χ4n) is 3.63. The highest BCUT2D eigenvalue weighted by Crippen LogP contribution is 2.37. The van der Waals surface area contributed by atoms with E-state index in [4.69, 9.17) is 0 Å². The second kappa shape index (κ2) is 7.47. The number of hydrogen-bond donors (Lipinski definition) is 3. The minimum atomic E-state index is -4.61.